The molecular weight excluding hydrogens is 295 g/mol. The van der Waals surface area contributed by atoms with Crippen molar-refractivity contribution in [2.75, 3.05) is 6.61 Å². The molecule has 2 saturated carbocycles. The van der Waals surface area contributed by atoms with Crippen LogP contribution in [0.3, 0.4) is 0 Å². The number of ether oxygens (including phenoxy) is 1. The highest BCUT2D eigenvalue weighted by molar-refractivity contribution is 7.87. The van der Waals surface area contributed by atoms with Crippen molar-refractivity contribution in [2.24, 2.45) is 17.8 Å². The summed E-state index contributed by atoms with van der Waals surface area (Å²) in [6.07, 6.45) is -0.165. The van der Waals surface area contributed by atoms with Gasteiger partial charge in [0.2, 0.25) is 5.00 Å². The smallest absolute Gasteiger partial charge is 0.309 e. The van der Waals surface area contributed by atoms with E-state index in [4.69, 9.17) is 4.74 Å². The summed E-state index contributed by atoms with van der Waals surface area (Å²) in [5.41, 5.74) is 0. The minimum atomic E-state index is -2.38. The Labute approximate surface area is 124 Å². The van der Waals surface area contributed by atoms with E-state index in [1.165, 1.54) is 12.1 Å². The molecule has 6 heteroatoms. The van der Waals surface area contributed by atoms with Crippen molar-refractivity contribution >= 4 is 22.6 Å². The highest BCUT2D eigenvalue weighted by atomic mass is 32.2. The highest BCUT2D eigenvalue weighted by Gasteiger charge is 2.73. The van der Waals surface area contributed by atoms with Gasteiger partial charge in [-0.3, -0.25) is 13.8 Å². The van der Waals surface area contributed by atoms with Gasteiger partial charge in [-0.2, -0.15) is 0 Å². The van der Waals surface area contributed by atoms with Crippen molar-refractivity contribution in [2.45, 2.75) is 23.2 Å². The van der Waals surface area contributed by atoms with Crippen LogP contribution in [0.2, 0.25) is 0 Å². The van der Waals surface area contributed by atoms with Gasteiger partial charge in [0.15, 0.2) is 5.78 Å². The Kier molecular flexibility index (Phi) is 3.43. The number of carbonyl (C=O) groups excluding carboxylic acids is 2. The van der Waals surface area contributed by atoms with Gasteiger partial charge in [-0.25, -0.2) is 4.39 Å². The normalized spacial score (nSPS) is 35.1. The van der Waals surface area contributed by atoms with Crippen molar-refractivity contribution in [1.82, 2.24) is 0 Å². The van der Waals surface area contributed by atoms with Crippen LogP contribution in [0.15, 0.2) is 35.2 Å². The minimum Gasteiger partial charge on any atom is -0.466 e. The molecule has 112 valence electrons. The molecule has 2 unspecified atom stereocenters. The first-order valence-electron chi connectivity index (χ1n) is 6.87. The summed E-state index contributed by atoms with van der Waals surface area (Å²) in [5.74, 6) is -2.74. The predicted octanol–water partition coefficient (Wildman–Crippen LogP) is 1.86. The fraction of sp³-hybridized carbons (Fsp3) is 0.467. The Balaban J connectivity index is 1.77. The number of ketones is 1. The van der Waals surface area contributed by atoms with Crippen LogP contribution in [-0.2, 0) is 25.1 Å². The minimum absolute atomic E-state index is 0.165. The summed E-state index contributed by atoms with van der Waals surface area (Å²) >= 11 is 0. The third-order valence-corrected chi connectivity index (χ3v) is 5.80. The monoisotopic (exact) mass is 310 g/mol. The van der Waals surface area contributed by atoms with Gasteiger partial charge in [-0.1, -0.05) is 18.2 Å². The Bertz CT molecular complexity index is 617. The molecule has 0 bridgehead atoms. The zero-order chi connectivity index (χ0) is 15.2. The maximum Gasteiger partial charge on any atom is 0.309 e. The Morgan fingerprint density at radius 3 is 2.62 bits per heavy atom. The number of alkyl halides is 1. The molecule has 3 rings (SSSR count). The van der Waals surface area contributed by atoms with E-state index in [2.05, 4.69) is 0 Å². The van der Waals surface area contributed by atoms with Gasteiger partial charge in [0.1, 0.15) is 0 Å². The van der Waals surface area contributed by atoms with Crippen LogP contribution >= 0.6 is 0 Å². The van der Waals surface area contributed by atoms with Crippen LogP contribution < -0.4 is 0 Å². The van der Waals surface area contributed by atoms with Gasteiger partial charge < -0.3 is 4.74 Å². The number of hydrogen-bond acceptors (Lipinski definition) is 4. The molecule has 0 heterocycles. The maximum atomic E-state index is 14.9. The molecule has 0 aliphatic heterocycles. The van der Waals surface area contributed by atoms with Crippen LogP contribution in [0.5, 0.6) is 0 Å². The second-order valence-corrected chi connectivity index (χ2v) is 7.00. The number of rotatable bonds is 4. The third-order valence-electron chi connectivity index (χ3n) is 4.15. The van der Waals surface area contributed by atoms with E-state index in [-0.39, 0.29) is 18.9 Å². The first-order valence-corrected chi connectivity index (χ1v) is 8.02. The zero-order valence-corrected chi connectivity index (χ0v) is 12.3. The van der Waals surface area contributed by atoms with Crippen LogP contribution in [0.1, 0.15) is 13.3 Å². The lowest BCUT2D eigenvalue weighted by Gasteiger charge is -2.20. The molecule has 2 fully saturated rings. The first kappa shape index (κ1) is 14.4. The average molecular weight is 310 g/mol. The molecule has 0 saturated heterocycles. The van der Waals surface area contributed by atoms with Gasteiger partial charge >= 0.3 is 5.97 Å². The lowest BCUT2D eigenvalue weighted by atomic mass is 10.1. The van der Waals surface area contributed by atoms with Crippen LogP contribution in [0.25, 0.3) is 0 Å². The molecule has 0 spiro atoms. The first-order chi connectivity index (χ1) is 10.0. The molecule has 1 aromatic rings. The van der Waals surface area contributed by atoms with E-state index < -0.39 is 39.4 Å². The fourth-order valence-corrected chi connectivity index (χ4v) is 4.54. The molecule has 0 amide bonds. The number of carbonyl (C=O) groups is 2. The lowest BCUT2D eigenvalue weighted by molar-refractivity contribution is -0.147. The lowest BCUT2D eigenvalue weighted by Crippen LogP contribution is -2.38. The van der Waals surface area contributed by atoms with Gasteiger partial charge in [-0.15, -0.1) is 0 Å². The van der Waals surface area contributed by atoms with E-state index in [1.807, 2.05) is 0 Å². The molecule has 21 heavy (non-hydrogen) atoms. The predicted molar refractivity (Wildman–Crippen MR) is 73.4 cm³/mol. The number of hydrogen-bond donors (Lipinski definition) is 0. The molecule has 2 aliphatic rings. The number of halogens is 1. The van der Waals surface area contributed by atoms with Crippen molar-refractivity contribution in [3.05, 3.63) is 30.3 Å². The van der Waals surface area contributed by atoms with Crippen molar-refractivity contribution in [3.8, 4) is 0 Å². The average Bonchev–Trinajstić information content (AvgIpc) is 3.13. The zero-order valence-electron chi connectivity index (χ0n) is 11.5. The summed E-state index contributed by atoms with van der Waals surface area (Å²) < 4.78 is 32.1. The number of benzene rings is 1. The van der Waals surface area contributed by atoms with E-state index in [9.17, 15) is 18.2 Å². The maximum absolute atomic E-state index is 14.9. The molecule has 4 nitrogen and oxygen atoms in total. The quantitative estimate of drug-likeness (QED) is 0.797. The van der Waals surface area contributed by atoms with Crippen molar-refractivity contribution in [1.29, 1.82) is 0 Å². The molecular formula is C15H15FO4S. The Morgan fingerprint density at radius 1 is 1.43 bits per heavy atom. The highest BCUT2D eigenvalue weighted by Crippen LogP contribution is 2.61. The molecule has 1 aromatic carbocycles. The standard InChI is InChI=1S/C15H15FO4S/c1-2-20-14(18)12-10-8-15(16,13(17)11(10)12)21(19)9-6-4-3-5-7-9/h3-7,10-12H,2,8H2,1H3/t10-,11+,12+,15?,21?/m1/s1. The summed E-state index contributed by atoms with van der Waals surface area (Å²) in [7, 11) is -2.04. The van der Waals surface area contributed by atoms with Gasteiger partial charge in [0, 0.05) is 17.2 Å². The van der Waals surface area contributed by atoms with Crippen LogP contribution in [-0.4, -0.2) is 27.6 Å². The van der Waals surface area contributed by atoms with Crippen LogP contribution in [0.4, 0.5) is 4.39 Å². The molecule has 0 aromatic heterocycles. The van der Waals surface area contributed by atoms with Gasteiger partial charge in [-0.05, 0) is 25.0 Å². The fourth-order valence-electron chi connectivity index (χ4n) is 3.10. The number of Topliss-reactive ketones (excluding diaryl/α,β-unsaturated/α-hetero) is 1. The topological polar surface area (TPSA) is 60.4 Å². The number of esters is 1. The molecule has 2 aliphatic carbocycles. The number of fused-ring (bicyclic) bond motifs is 1. The SMILES string of the molecule is CCOC(=O)[C@H]1[C@@H]2CC(F)(S(=O)c3ccccc3)C(=O)[C@@H]21. The molecule has 0 radical (unpaired) electrons. The van der Waals surface area contributed by atoms with Gasteiger partial charge in [0.25, 0.3) is 0 Å². The summed E-state index contributed by atoms with van der Waals surface area (Å²) in [4.78, 5) is 24.2. The van der Waals surface area contributed by atoms with E-state index in [0.29, 0.717) is 4.90 Å². The third kappa shape index (κ3) is 2.12. The second kappa shape index (κ2) is 5.02. The largest absolute Gasteiger partial charge is 0.466 e. The Morgan fingerprint density at radius 2 is 2.10 bits per heavy atom. The molecule has 0 N–H and O–H groups in total. The van der Waals surface area contributed by atoms with Crippen LogP contribution in [0, 0.1) is 17.8 Å². The van der Waals surface area contributed by atoms with E-state index >= 15 is 0 Å². The van der Waals surface area contributed by atoms with Gasteiger partial charge in [0.05, 0.1) is 23.3 Å². The van der Waals surface area contributed by atoms with E-state index in [1.54, 1.807) is 25.1 Å². The Hall–Kier alpha value is -1.56. The summed E-state index contributed by atoms with van der Waals surface area (Å²) in [6, 6.07) is 8.11. The van der Waals surface area contributed by atoms with Crippen molar-refractivity contribution < 1.29 is 22.9 Å². The molecule has 5 atom stereocenters. The van der Waals surface area contributed by atoms with E-state index in [0.717, 1.165) is 0 Å². The summed E-state index contributed by atoms with van der Waals surface area (Å²) in [6.45, 7) is 1.92. The second-order valence-electron chi connectivity index (χ2n) is 5.35. The summed E-state index contributed by atoms with van der Waals surface area (Å²) in [5, 5.41) is -2.38. The van der Waals surface area contributed by atoms with Crippen molar-refractivity contribution in [3.63, 3.8) is 0 Å².